The number of carbonyl (C=O) groups is 2. The summed E-state index contributed by atoms with van der Waals surface area (Å²) < 4.78 is 1.49. The van der Waals surface area contributed by atoms with Crippen LogP contribution in [-0.4, -0.2) is 27.6 Å². The first kappa shape index (κ1) is 16.8. The number of aromatic nitrogens is 2. The molecule has 1 aromatic heterocycles. The van der Waals surface area contributed by atoms with Crippen molar-refractivity contribution in [3.8, 4) is 0 Å². The van der Waals surface area contributed by atoms with E-state index in [2.05, 4.69) is 15.7 Å². The molecule has 0 unspecified atom stereocenters. The largest absolute Gasteiger partial charge is 0.399 e. The van der Waals surface area contributed by atoms with Gasteiger partial charge in [0.25, 0.3) is 5.91 Å². The van der Waals surface area contributed by atoms with Crippen molar-refractivity contribution in [1.29, 1.82) is 0 Å². The fraction of sp³-hybridized carbons (Fsp3) is 0.267. The van der Waals surface area contributed by atoms with Crippen LogP contribution in [0.5, 0.6) is 0 Å². The van der Waals surface area contributed by atoms with Crippen molar-refractivity contribution in [2.45, 2.75) is 25.4 Å². The second kappa shape index (κ2) is 7.15. The van der Waals surface area contributed by atoms with E-state index in [4.69, 9.17) is 5.73 Å². The molecule has 0 aliphatic heterocycles. The van der Waals surface area contributed by atoms with Crippen LogP contribution in [0, 0.1) is 0 Å². The summed E-state index contributed by atoms with van der Waals surface area (Å²) in [5.41, 5.74) is 7.19. The maximum Gasteiger partial charge on any atom is 0.255 e. The Balaban J connectivity index is 0.00000192. The number of nitrogens with two attached hydrogens (primary N) is 1. The van der Waals surface area contributed by atoms with Gasteiger partial charge < -0.3 is 16.4 Å². The Kier molecular flexibility index (Phi) is 5.23. The first-order chi connectivity index (χ1) is 10.6. The number of anilines is 2. The number of benzene rings is 1. The quantitative estimate of drug-likeness (QED) is 0.719. The van der Waals surface area contributed by atoms with E-state index in [9.17, 15) is 9.59 Å². The molecule has 8 heteroatoms. The lowest BCUT2D eigenvalue weighted by Crippen LogP contribution is -2.29. The molecule has 1 aliphatic carbocycles. The van der Waals surface area contributed by atoms with E-state index < -0.39 is 0 Å². The summed E-state index contributed by atoms with van der Waals surface area (Å²) in [5.74, 6) is -0.339. The molecule has 1 aliphatic rings. The highest BCUT2D eigenvalue weighted by Crippen LogP contribution is 2.18. The monoisotopic (exact) mass is 335 g/mol. The van der Waals surface area contributed by atoms with E-state index in [1.807, 2.05) is 0 Å². The Labute approximate surface area is 139 Å². The molecule has 2 amide bonds. The Bertz CT molecular complexity index is 711. The maximum atomic E-state index is 12.1. The summed E-state index contributed by atoms with van der Waals surface area (Å²) in [6.45, 7) is 0.144. The summed E-state index contributed by atoms with van der Waals surface area (Å²) in [7, 11) is 0. The molecule has 7 nitrogen and oxygen atoms in total. The number of rotatable bonds is 5. The molecule has 1 saturated carbocycles. The molecule has 1 fully saturated rings. The van der Waals surface area contributed by atoms with Gasteiger partial charge in [0.1, 0.15) is 6.54 Å². The molecular weight excluding hydrogens is 318 g/mol. The highest BCUT2D eigenvalue weighted by atomic mass is 35.5. The second-order valence-corrected chi connectivity index (χ2v) is 5.35. The van der Waals surface area contributed by atoms with Gasteiger partial charge >= 0.3 is 0 Å². The van der Waals surface area contributed by atoms with Crippen molar-refractivity contribution >= 4 is 35.6 Å². The number of halogens is 1. The average Bonchev–Trinajstić information content (AvgIpc) is 3.18. The van der Waals surface area contributed by atoms with E-state index in [0.717, 1.165) is 12.8 Å². The van der Waals surface area contributed by atoms with Gasteiger partial charge in [-0.15, -0.1) is 12.4 Å². The van der Waals surface area contributed by atoms with E-state index >= 15 is 0 Å². The minimum Gasteiger partial charge on any atom is -0.399 e. The molecule has 2 aromatic rings. The van der Waals surface area contributed by atoms with Crippen molar-refractivity contribution < 1.29 is 9.59 Å². The van der Waals surface area contributed by atoms with Crippen molar-refractivity contribution in [3.05, 3.63) is 42.2 Å². The van der Waals surface area contributed by atoms with Gasteiger partial charge in [0.05, 0.1) is 11.9 Å². The van der Waals surface area contributed by atoms with Crippen LogP contribution in [0.1, 0.15) is 23.2 Å². The number of amides is 2. The first-order valence-electron chi connectivity index (χ1n) is 7.09. The molecule has 0 spiro atoms. The van der Waals surface area contributed by atoms with Crippen LogP contribution in [0.3, 0.4) is 0 Å². The standard InChI is InChI=1S/C15H17N5O2.ClH/c16-11-3-1-2-10(6-11)15(22)19-13-7-17-20(8-13)9-14(21)18-12-4-5-12;/h1-3,6-8,12H,4-5,9,16H2,(H,18,21)(H,19,22);1H. The normalized spacial score (nSPS) is 13.0. The molecular formula is C15H18ClN5O2. The topological polar surface area (TPSA) is 102 Å². The molecule has 0 bridgehead atoms. The number of nitrogens with zero attached hydrogens (tertiary/aromatic N) is 2. The average molecular weight is 336 g/mol. The van der Waals surface area contributed by atoms with Gasteiger partial charge in [0, 0.05) is 23.5 Å². The highest BCUT2D eigenvalue weighted by Gasteiger charge is 2.23. The Morgan fingerprint density at radius 1 is 1.35 bits per heavy atom. The third-order valence-corrected chi connectivity index (χ3v) is 3.29. The minimum absolute atomic E-state index is 0. The Morgan fingerprint density at radius 3 is 2.83 bits per heavy atom. The lowest BCUT2D eigenvalue weighted by molar-refractivity contribution is -0.122. The molecule has 1 heterocycles. The van der Waals surface area contributed by atoms with Gasteiger partial charge in [0.15, 0.2) is 0 Å². The van der Waals surface area contributed by atoms with Crippen molar-refractivity contribution in [1.82, 2.24) is 15.1 Å². The van der Waals surface area contributed by atoms with Crippen LogP contribution in [0.25, 0.3) is 0 Å². The van der Waals surface area contributed by atoms with Gasteiger partial charge in [-0.2, -0.15) is 5.10 Å². The number of carbonyl (C=O) groups excluding carboxylic acids is 2. The van der Waals surface area contributed by atoms with Gasteiger partial charge in [-0.3, -0.25) is 14.3 Å². The van der Waals surface area contributed by atoms with Crippen LogP contribution in [-0.2, 0) is 11.3 Å². The Morgan fingerprint density at radius 2 is 2.13 bits per heavy atom. The van der Waals surface area contributed by atoms with Crippen LogP contribution in [0.4, 0.5) is 11.4 Å². The lowest BCUT2D eigenvalue weighted by Gasteiger charge is -2.04. The first-order valence-corrected chi connectivity index (χ1v) is 7.09. The number of nitrogen functional groups attached to an aromatic ring is 1. The van der Waals surface area contributed by atoms with Gasteiger partial charge in [-0.1, -0.05) is 6.07 Å². The molecule has 0 saturated heterocycles. The second-order valence-electron chi connectivity index (χ2n) is 5.35. The van der Waals surface area contributed by atoms with E-state index in [-0.39, 0.29) is 30.8 Å². The lowest BCUT2D eigenvalue weighted by atomic mass is 10.2. The van der Waals surface area contributed by atoms with Gasteiger partial charge in [-0.05, 0) is 31.0 Å². The molecule has 23 heavy (non-hydrogen) atoms. The van der Waals surface area contributed by atoms with Crippen molar-refractivity contribution in [2.24, 2.45) is 0 Å². The molecule has 4 N–H and O–H groups in total. The van der Waals surface area contributed by atoms with Crippen molar-refractivity contribution in [2.75, 3.05) is 11.1 Å². The summed E-state index contributed by atoms with van der Waals surface area (Å²) in [6.07, 6.45) is 5.23. The molecule has 0 radical (unpaired) electrons. The maximum absolute atomic E-state index is 12.1. The number of hydrogen-bond acceptors (Lipinski definition) is 4. The zero-order valence-corrected chi connectivity index (χ0v) is 13.2. The zero-order chi connectivity index (χ0) is 15.5. The van der Waals surface area contributed by atoms with Crippen LogP contribution >= 0.6 is 12.4 Å². The highest BCUT2D eigenvalue weighted by molar-refractivity contribution is 6.04. The smallest absolute Gasteiger partial charge is 0.255 e. The third kappa shape index (κ3) is 4.72. The number of hydrogen-bond donors (Lipinski definition) is 3. The predicted octanol–water partition coefficient (Wildman–Crippen LogP) is 1.42. The van der Waals surface area contributed by atoms with Crippen LogP contribution in [0.15, 0.2) is 36.7 Å². The van der Waals surface area contributed by atoms with E-state index in [1.165, 1.54) is 10.9 Å². The predicted molar refractivity (Wildman–Crippen MR) is 89.4 cm³/mol. The molecule has 122 valence electrons. The third-order valence-electron chi connectivity index (χ3n) is 3.29. The molecule has 1 aromatic carbocycles. The summed E-state index contributed by atoms with van der Waals surface area (Å²) in [6, 6.07) is 7.04. The fourth-order valence-electron chi connectivity index (χ4n) is 2.05. The minimum atomic E-state index is -0.269. The summed E-state index contributed by atoms with van der Waals surface area (Å²) in [4.78, 5) is 23.7. The van der Waals surface area contributed by atoms with Gasteiger partial charge in [0.2, 0.25) is 5.91 Å². The van der Waals surface area contributed by atoms with Gasteiger partial charge in [-0.25, -0.2) is 0 Å². The molecule has 0 atom stereocenters. The SMILES string of the molecule is Cl.Nc1cccc(C(=O)Nc2cnn(CC(=O)NC3CC3)c2)c1. The van der Waals surface area contributed by atoms with Crippen LogP contribution < -0.4 is 16.4 Å². The number of nitrogens with one attached hydrogen (secondary N) is 2. The Hall–Kier alpha value is -2.54. The summed E-state index contributed by atoms with van der Waals surface area (Å²) in [5, 5.41) is 9.67. The zero-order valence-electron chi connectivity index (χ0n) is 12.4. The summed E-state index contributed by atoms with van der Waals surface area (Å²) >= 11 is 0. The van der Waals surface area contributed by atoms with Crippen molar-refractivity contribution in [3.63, 3.8) is 0 Å². The van der Waals surface area contributed by atoms with E-state index in [0.29, 0.717) is 23.0 Å². The van der Waals surface area contributed by atoms with Crippen LogP contribution in [0.2, 0.25) is 0 Å². The fourth-order valence-corrected chi connectivity index (χ4v) is 2.05. The van der Waals surface area contributed by atoms with E-state index in [1.54, 1.807) is 30.5 Å². The molecule has 3 rings (SSSR count).